The van der Waals surface area contributed by atoms with Crippen molar-refractivity contribution in [1.29, 1.82) is 0 Å². The summed E-state index contributed by atoms with van der Waals surface area (Å²) in [5.41, 5.74) is 3.60. The van der Waals surface area contributed by atoms with Crippen LogP contribution in [0.5, 0.6) is 5.75 Å². The average molecular weight is 490 g/mol. The Bertz CT molecular complexity index is 1350. The molecule has 1 amide bonds. The van der Waals surface area contributed by atoms with Gasteiger partial charge in [-0.15, -0.1) is 0 Å². The molecule has 2 heterocycles. The Balaban J connectivity index is 1.51. The number of benzene rings is 3. The minimum absolute atomic E-state index is 0.118. The van der Waals surface area contributed by atoms with Gasteiger partial charge in [0.1, 0.15) is 29.2 Å². The number of ether oxygens (including phenoxy) is 2. The molecule has 1 aliphatic rings. The first-order chi connectivity index (χ1) is 17.4. The van der Waals surface area contributed by atoms with Gasteiger partial charge in [0, 0.05) is 23.9 Å². The van der Waals surface area contributed by atoms with Crippen LogP contribution in [0, 0.1) is 11.6 Å². The standard InChI is InChI=1S/C28H25F2N3O3/c1-18-27(34)32(16-15-19-3-13-24(35-2)14-4-19)28(36-18)25-17-33(23-11-9-22(30)10-12-23)31-26(25)20-5-7-21(29)8-6-20/h3-14,17-18,28H,15-16H2,1-2H3/t18-,28-/m0/s1. The lowest BCUT2D eigenvalue weighted by Crippen LogP contribution is -2.32. The largest absolute Gasteiger partial charge is 0.497 e. The molecule has 1 fully saturated rings. The van der Waals surface area contributed by atoms with Gasteiger partial charge in [0.05, 0.1) is 12.8 Å². The van der Waals surface area contributed by atoms with E-state index >= 15 is 0 Å². The zero-order chi connectivity index (χ0) is 25.2. The van der Waals surface area contributed by atoms with Gasteiger partial charge in [-0.25, -0.2) is 13.5 Å². The quantitative estimate of drug-likeness (QED) is 0.353. The van der Waals surface area contributed by atoms with Crippen molar-refractivity contribution in [2.75, 3.05) is 13.7 Å². The van der Waals surface area contributed by atoms with Crippen molar-refractivity contribution in [3.63, 3.8) is 0 Å². The number of nitrogens with zero attached hydrogens (tertiary/aromatic N) is 3. The summed E-state index contributed by atoms with van der Waals surface area (Å²) in [6.07, 6.45) is 1.10. The Morgan fingerprint density at radius 2 is 1.58 bits per heavy atom. The molecule has 0 N–H and O–H groups in total. The smallest absolute Gasteiger partial charge is 0.253 e. The molecule has 4 aromatic rings. The van der Waals surface area contributed by atoms with Crippen molar-refractivity contribution in [3.05, 3.63) is 102 Å². The lowest BCUT2D eigenvalue weighted by Gasteiger charge is -2.23. The molecule has 0 spiro atoms. The first kappa shape index (κ1) is 23.7. The van der Waals surface area contributed by atoms with E-state index in [9.17, 15) is 13.6 Å². The van der Waals surface area contributed by atoms with Gasteiger partial charge in [-0.3, -0.25) is 4.79 Å². The fourth-order valence-electron chi connectivity index (χ4n) is 4.31. The predicted molar refractivity (Wildman–Crippen MR) is 131 cm³/mol. The van der Waals surface area contributed by atoms with Crippen molar-refractivity contribution >= 4 is 5.91 Å². The first-order valence-corrected chi connectivity index (χ1v) is 11.6. The van der Waals surface area contributed by atoms with Gasteiger partial charge < -0.3 is 14.4 Å². The number of halogens is 2. The fraction of sp³-hybridized carbons (Fsp3) is 0.214. The summed E-state index contributed by atoms with van der Waals surface area (Å²) in [4.78, 5) is 14.8. The van der Waals surface area contributed by atoms with E-state index in [-0.39, 0.29) is 17.5 Å². The molecule has 1 aromatic heterocycles. The molecule has 0 saturated carbocycles. The van der Waals surface area contributed by atoms with E-state index in [0.717, 1.165) is 11.3 Å². The topological polar surface area (TPSA) is 56.6 Å². The molecule has 8 heteroatoms. The predicted octanol–water partition coefficient (Wildman–Crippen LogP) is 5.31. The molecule has 184 valence electrons. The van der Waals surface area contributed by atoms with E-state index in [4.69, 9.17) is 14.6 Å². The summed E-state index contributed by atoms with van der Waals surface area (Å²) in [6.45, 7) is 2.16. The molecule has 1 aliphatic heterocycles. The van der Waals surface area contributed by atoms with Gasteiger partial charge in [0.2, 0.25) is 0 Å². The van der Waals surface area contributed by atoms with Crippen LogP contribution in [-0.4, -0.2) is 40.3 Å². The van der Waals surface area contributed by atoms with Crippen molar-refractivity contribution in [3.8, 4) is 22.7 Å². The number of rotatable bonds is 7. The number of hydrogen-bond donors (Lipinski definition) is 0. The van der Waals surface area contributed by atoms with E-state index in [0.29, 0.717) is 35.5 Å². The third-order valence-electron chi connectivity index (χ3n) is 6.26. The summed E-state index contributed by atoms with van der Waals surface area (Å²) in [5, 5.41) is 4.72. The van der Waals surface area contributed by atoms with Crippen molar-refractivity contribution in [1.82, 2.24) is 14.7 Å². The summed E-state index contributed by atoms with van der Waals surface area (Å²) < 4.78 is 40.1. The average Bonchev–Trinajstić information content (AvgIpc) is 3.45. The first-order valence-electron chi connectivity index (χ1n) is 11.6. The molecule has 5 rings (SSSR count). The van der Waals surface area contributed by atoms with Crippen LogP contribution in [-0.2, 0) is 16.0 Å². The number of aromatic nitrogens is 2. The highest BCUT2D eigenvalue weighted by atomic mass is 19.1. The Labute approximate surface area is 207 Å². The maximum absolute atomic E-state index is 13.6. The summed E-state index contributed by atoms with van der Waals surface area (Å²) in [5.74, 6) is -0.0653. The third kappa shape index (κ3) is 4.72. The Kier molecular flexibility index (Phi) is 6.52. The number of amides is 1. The SMILES string of the molecule is COc1ccc(CCN2C(=O)[C@H](C)O[C@H]2c2cn(-c3ccc(F)cc3)nc2-c2ccc(F)cc2)cc1. The second-order valence-electron chi connectivity index (χ2n) is 8.62. The van der Waals surface area contributed by atoms with E-state index < -0.39 is 12.3 Å². The van der Waals surface area contributed by atoms with E-state index in [1.165, 1.54) is 24.3 Å². The summed E-state index contributed by atoms with van der Waals surface area (Å²) in [6, 6.07) is 19.6. The number of methoxy groups -OCH3 is 1. The molecule has 2 atom stereocenters. The lowest BCUT2D eigenvalue weighted by molar-refractivity contribution is -0.130. The highest BCUT2D eigenvalue weighted by molar-refractivity contribution is 5.83. The molecule has 36 heavy (non-hydrogen) atoms. The van der Waals surface area contributed by atoms with E-state index in [2.05, 4.69) is 0 Å². The normalized spacial score (nSPS) is 17.6. The molecule has 0 bridgehead atoms. The second-order valence-corrected chi connectivity index (χ2v) is 8.62. The van der Waals surface area contributed by atoms with Gasteiger partial charge in [-0.1, -0.05) is 12.1 Å². The summed E-state index contributed by atoms with van der Waals surface area (Å²) >= 11 is 0. The molecule has 0 radical (unpaired) electrons. The zero-order valence-corrected chi connectivity index (χ0v) is 19.9. The lowest BCUT2D eigenvalue weighted by atomic mass is 10.1. The van der Waals surface area contributed by atoms with Gasteiger partial charge in [-0.05, 0) is 79.6 Å². The number of carbonyl (C=O) groups is 1. The van der Waals surface area contributed by atoms with Gasteiger partial charge >= 0.3 is 0 Å². The van der Waals surface area contributed by atoms with Crippen molar-refractivity contribution in [2.24, 2.45) is 0 Å². The Morgan fingerprint density at radius 3 is 2.22 bits per heavy atom. The van der Waals surface area contributed by atoms with Gasteiger partial charge in [0.25, 0.3) is 5.91 Å². The van der Waals surface area contributed by atoms with Crippen LogP contribution in [0.15, 0.2) is 79.0 Å². The van der Waals surface area contributed by atoms with Crippen LogP contribution in [0.3, 0.4) is 0 Å². The molecule has 6 nitrogen and oxygen atoms in total. The third-order valence-corrected chi connectivity index (χ3v) is 6.26. The maximum atomic E-state index is 13.6. The van der Waals surface area contributed by atoms with Crippen LogP contribution >= 0.6 is 0 Å². The van der Waals surface area contributed by atoms with Crippen LogP contribution < -0.4 is 4.74 Å². The highest BCUT2D eigenvalue weighted by Gasteiger charge is 2.40. The van der Waals surface area contributed by atoms with E-state index in [1.54, 1.807) is 54.1 Å². The molecule has 0 aliphatic carbocycles. The molecule has 1 saturated heterocycles. The Morgan fingerprint density at radius 1 is 0.944 bits per heavy atom. The van der Waals surface area contributed by atoms with Crippen LogP contribution in [0.4, 0.5) is 8.78 Å². The van der Waals surface area contributed by atoms with E-state index in [1.807, 2.05) is 24.3 Å². The molecule has 3 aromatic carbocycles. The fourth-order valence-corrected chi connectivity index (χ4v) is 4.31. The molecular formula is C28H25F2N3O3. The second kappa shape index (κ2) is 9.91. The highest BCUT2D eigenvalue weighted by Crippen LogP contribution is 2.37. The van der Waals surface area contributed by atoms with Crippen molar-refractivity contribution < 1.29 is 23.0 Å². The van der Waals surface area contributed by atoms with Gasteiger partial charge in [-0.2, -0.15) is 5.10 Å². The van der Waals surface area contributed by atoms with Crippen LogP contribution in [0.25, 0.3) is 16.9 Å². The number of carbonyl (C=O) groups excluding carboxylic acids is 1. The van der Waals surface area contributed by atoms with Crippen LogP contribution in [0.2, 0.25) is 0 Å². The number of hydrogen-bond acceptors (Lipinski definition) is 4. The zero-order valence-electron chi connectivity index (χ0n) is 19.9. The van der Waals surface area contributed by atoms with Gasteiger partial charge in [0.15, 0.2) is 6.23 Å². The van der Waals surface area contributed by atoms with Crippen LogP contribution in [0.1, 0.15) is 24.3 Å². The Hall–Kier alpha value is -4.04. The minimum Gasteiger partial charge on any atom is -0.497 e. The molecular weight excluding hydrogens is 464 g/mol. The van der Waals surface area contributed by atoms with Crippen molar-refractivity contribution in [2.45, 2.75) is 25.7 Å². The molecule has 0 unspecified atom stereocenters. The monoisotopic (exact) mass is 489 g/mol. The maximum Gasteiger partial charge on any atom is 0.253 e. The summed E-state index contributed by atoms with van der Waals surface area (Å²) in [7, 11) is 1.62. The minimum atomic E-state index is -0.681.